The number of carbonyl (C=O) groups excluding carboxylic acids is 1. The van der Waals surface area contributed by atoms with Crippen LogP contribution in [-0.2, 0) is 16.0 Å². The van der Waals surface area contributed by atoms with E-state index in [0.717, 1.165) is 23.5 Å². The summed E-state index contributed by atoms with van der Waals surface area (Å²) in [5.41, 5.74) is 2.23. The Bertz CT molecular complexity index is 723. The van der Waals surface area contributed by atoms with E-state index in [0.29, 0.717) is 0 Å². The van der Waals surface area contributed by atoms with Crippen LogP contribution in [0.15, 0.2) is 34.4 Å². The summed E-state index contributed by atoms with van der Waals surface area (Å²) in [5.74, 6) is 0.00552. The van der Waals surface area contributed by atoms with Crippen molar-refractivity contribution in [3.63, 3.8) is 0 Å². The highest BCUT2D eigenvalue weighted by Gasteiger charge is 2.41. The number of nitrogens with one attached hydrogen (secondary N) is 1. The molecule has 2 aromatic heterocycles. The Morgan fingerprint density at radius 1 is 1.48 bits per heavy atom. The van der Waals surface area contributed by atoms with Crippen molar-refractivity contribution in [2.45, 2.75) is 38.0 Å². The largest absolute Gasteiger partial charge is 0.366 e. The summed E-state index contributed by atoms with van der Waals surface area (Å²) in [4.78, 5) is 17.3. The molecule has 0 spiro atoms. The van der Waals surface area contributed by atoms with Gasteiger partial charge in [-0.05, 0) is 35.7 Å². The van der Waals surface area contributed by atoms with Crippen LogP contribution < -0.4 is 5.32 Å². The van der Waals surface area contributed by atoms with E-state index in [1.807, 2.05) is 18.4 Å². The van der Waals surface area contributed by atoms with Crippen LogP contribution >= 0.6 is 22.7 Å². The molecule has 0 radical (unpaired) electrons. The fraction of sp³-hybridized carbons (Fsp3) is 0.412. The van der Waals surface area contributed by atoms with E-state index in [1.54, 1.807) is 22.7 Å². The molecule has 2 aliphatic heterocycles. The minimum atomic E-state index is -0.0731. The van der Waals surface area contributed by atoms with Crippen molar-refractivity contribution in [2.75, 3.05) is 0 Å². The Balaban J connectivity index is 1.51. The summed E-state index contributed by atoms with van der Waals surface area (Å²) in [7, 11) is 0. The van der Waals surface area contributed by atoms with Crippen LogP contribution in [0, 0.1) is 12.8 Å². The topological polar surface area (TPSA) is 51.2 Å². The maximum Gasteiger partial charge on any atom is 0.226 e. The number of fused-ring (bicyclic) bond motifs is 2. The van der Waals surface area contributed by atoms with Gasteiger partial charge in [-0.1, -0.05) is 12.2 Å². The Hall–Kier alpha value is -1.50. The number of ether oxygens (including phenoxy) is 1. The van der Waals surface area contributed by atoms with Crippen molar-refractivity contribution in [1.82, 2.24) is 10.3 Å². The van der Waals surface area contributed by atoms with Gasteiger partial charge in [-0.15, -0.1) is 11.3 Å². The van der Waals surface area contributed by atoms with E-state index in [2.05, 4.69) is 33.2 Å². The third kappa shape index (κ3) is 3.11. The Morgan fingerprint density at radius 2 is 2.39 bits per heavy atom. The van der Waals surface area contributed by atoms with Gasteiger partial charge in [0.2, 0.25) is 5.91 Å². The van der Waals surface area contributed by atoms with Gasteiger partial charge in [0.1, 0.15) is 5.01 Å². The van der Waals surface area contributed by atoms with Crippen LogP contribution in [0.2, 0.25) is 0 Å². The van der Waals surface area contributed by atoms with Gasteiger partial charge >= 0.3 is 0 Å². The van der Waals surface area contributed by atoms with Crippen LogP contribution in [0.1, 0.15) is 28.7 Å². The summed E-state index contributed by atoms with van der Waals surface area (Å²) < 4.78 is 5.72. The Kier molecular flexibility index (Phi) is 4.05. The quantitative estimate of drug-likeness (QED) is 0.846. The number of aryl methyl sites for hydroxylation is 1. The molecule has 6 heteroatoms. The van der Waals surface area contributed by atoms with Crippen molar-refractivity contribution in [2.24, 2.45) is 5.92 Å². The molecule has 0 aromatic carbocycles. The number of amides is 1. The molecule has 0 aliphatic carbocycles. The molecular formula is C17H18N2O2S2. The second kappa shape index (κ2) is 6.19. The minimum Gasteiger partial charge on any atom is -0.366 e. The van der Waals surface area contributed by atoms with E-state index in [9.17, 15) is 4.79 Å². The van der Waals surface area contributed by atoms with Crippen LogP contribution in [0.25, 0.3) is 0 Å². The Labute approximate surface area is 143 Å². The highest BCUT2D eigenvalue weighted by molar-refractivity contribution is 7.09. The van der Waals surface area contributed by atoms with Crippen LogP contribution in [-0.4, -0.2) is 23.1 Å². The van der Waals surface area contributed by atoms with Crippen LogP contribution in [0.5, 0.6) is 0 Å². The highest BCUT2D eigenvalue weighted by Crippen LogP contribution is 2.34. The first kappa shape index (κ1) is 15.1. The lowest BCUT2D eigenvalue weighted by Crippen LogP contribution is -2.38. The Morgan fingerprint density at radius 3 is 3.00 bits per heavy atom. The zero-order valence-corrected chi connectivity index (χ0v) is 14.4. The standard InChI is InChI=1S/C17H18N2O2S2/c1-10-8-23-17(18-10)14(6-11-4-5-22-9-11)19-16(20)13-7-12-2-3-15(13)21-12/h2-5,8-9,12-15H,6-7H2,1H3,(H,19,20)/t12-,13-,14-,15-/m0/s1. The number of rotatable bonds is 5. The second-order valence-electron chi connectivity index (χ2n) is 6.09. The molecule has 1 saturated heterocycles. The maximum absolute atomic E-state index is 12.7. The van der Waals surface area contributed by atoms with Crippen molar-refractivity contribution in [1.29, 1.82) is 0 Å². The molecule has 4 nitrogen and oxygen atoms in total. The van der Waals surface area contributed by atoms with E-state index in [-0.39, 0.29) is 30.1 Å². The molecule has 23 heavy (non-hydrogen) atoms. The van der Waals surface area contributed by atoms with Gasteiger partial charge < -0.3 is 10.1 Å². The number of thiophene rings is 1. The molecular weight excluding hydrogens is 328 g/mol. The van der Waals surface area contributed by atoms with Gasteiger partial charge in [-0.3, -0.25) is 4.79 Å². The van der Waals surface area contributed by atoms with Crippen molar-refractivity contribution < 1.29 is 9.53 Å². The average Bonchev–Trinajstić information content (AvgIpc) is 3.31. The van der Waals surface area contributed by atoms with Crippen molar-refractivity contribution in [3.8, 4) is 0 Å². The lowest BCUT2D eigenvalue weighted by molar-refractivity contribution is -0.126. The number of thiazole rings is 1. The van der Waals surface area contributed by atoms with Gasteiger partial charge in [0, 0.05) is 17.5 Å². The number of hydrogen-bond donors (Lipinski definition) is 1. The molecule has 4 rings (SSSR count). The molecule has 2 aliphatic rings. The summed E-state index contributed by atoms with van der Waals surface area (Å²) >= 11 is 3.29. The molecule has 1 fully saturated rings. The van der Waals surface area contributed by atoms with Gasteiger partial charge in [0.25, 0.3) is 0 Å². The van der Waals surface area contributed by atoms with Crippen molar-refractivity contribution >= 4 is 28.6 Å². The van der Waals surface area contributed by atoms with Crippen LogP contribution in [0.4, 0.5) is 0 Å². The molecule has 1 amide bonds. The summed E-state index contributed by atoms with van der Waals surface area (Å²) in [5, 5.41) is 10.4. The first-order valence-electron chi connectivity index (χ1n) is 7.76. The normalized spacial score (nSPS) is 26.6. The molecule has 2 bridgehead atoms. The molecule has 120 valence electrons. The average molecular weight is 346 g/mol. The van der Waals surface area contributed by atoms with Crippen molar-refractivity contribution in [3.05, 3.63) is 50.6 Å². The van der Waals surface area contributed by atoms with Gasteiger partial charge in [0.15, 0.2) is 0 Å². The predicted octanol–water partition coefficient (Wildman–Crippen LogP) is 3.26. The van der Waals surface area contributed by atoms with Gasteiger partial charge in [-0.2, -0.15) is 11.3 Å². The predicted molar refractivity (Wildman–Crippen MR) is 91.7 cm³/mol. The van der Waals surface area contributed by atoms with E-state index in [1.165, 1.54) is 5.56 Å². The monoisotopic (exact) mass is 346 g/mol. The fourth-order valence-corrected chi connectivity index (χ4v) is 4.71. The summed E-state index contributed by atoms with van der Waals surface area (Å²) in [6.07, 6.45) is 5.70. The third-order valence-corrected chi connectivity index (χ3v) is 6.15. The zero-order valence-electron chi connectivity index (χ0n) is 12.8. The molecule has 1 N–H and O–H groups in total. The maximum atomic E-state index is 12.7. The molecule has 2 aromatic rings. The summed E-state index contributed by atoms with van der Waals surface area (Å²) in [6, 6.07) is 2.03. The lowest BCUT2D eigenvalue weighted by atomic mass is 9.93. The molecule has 4 atom stereocenters. The van der Waals surface area contributed by atoms with E-state index < -0.39 is 0 Å². The van der Waals surface area contributed by atoms with Gasteiger partial charge in [0.05, 0.1) is 24.2 Å². The number of carbonyl (C=O) groups is 1. The molecule has 0 unspecified atom stereocenters. The van der Waals surface area contributed by atoms with Crippen LogP contribution in [0.3, 0.4) is 0 Å². The number of hydrogen-bond acceptors (Lipinski definition) is 5. The molecule has 0 saturated carbocycles. The number of aromatic nitrogens is 1. The minimum absolute atomic E-state index is 0.0557. The second-order valence-corrected chi connectivity index (χ2v) is 7.76. The van der Waals surface area contributed by atoms with E-state index >= 15 is 0 Å². The smallest absolute Gasteiger partial charge is 0.226 e. The lowest BCUT2D eigenvalue weighted by Gasteiger charge is -2.21. The number of nitrogens with zero attached hydrogens (tertiary/aromatic N) is 1. The van der Waals surface area contributed by atoms with Gasteiger partial charge in [-0.25, -0.2) is 4.98 Å². The molecule has 4 heterocycles. The third-order valence-electron chi connectivity index (χ3n) is 4.34. The fourth-order valence-electron chi connectivity index (χ4n) is 3.19. The first-order valence-corrected chi connectivity index (χ1v) is 9.58. The van der Waals surface area contributed by atoms with E-state index in [4.69, 9.17) is 4.74 Å². The SMILES string of the molecule is Cc1csc([C@H](Cc2ccsc2)NC(=O)[C@H]2C[C@@H]3C=C[C@@H]2O3)n1. The summed E-state index contributed by atoms with van der Waals surface area (Å²) in [6.45, 7) is 1.98. The first-order chi connectivity index (χ1) is 11.2. The zero-order chi connectivity index (χ0) is 15.8. The highest BCUT2D eigenvalue weighted by atomic mass is 32.1.